The number of carbonyl (C=O) groups is 1. The zero-order chi connectivity index (χ0) is 18.0. The molecule has 0 fully saturated rings. The molecule has 6 nitrogen and oxygen atoms in total. The first-order chi connectivity index (χ1) is 11.8. The van der Waals surface area contributed by atoms with E-state index in [0.29, 0.717) is 17.4 Å². The summed E-state index contributed by atoms with van der Waals surface area (Å²) in [5.74, 6) is -1.17. The summed E-state index contributed by atoms with van der Waals surface area (Å²) in [5.41, 5.74) is -0.0491. The number of hydrogen-bond acceptors (Lipinski definition) is 3. The molecule has 2 aromatic heterocycles. The Kier molecular flexibility index (Phi) is 4.26. The Morgan fingerprint density at radius 3 is 2.56 bits per heavy atom. The molecule has 2 N–H and O–H groups in total. The first kappa shape index (κ1) is 16.7. The van der Waals surface area contributed by atoms with Crippen molar-refractivity contribution in [3.05, 3.63) is 59.8 Å². The van der Waals surface area contributed by atoms with Crippen molar-refractivity contribution < 1.29 is 22.4 Å². The van der Waals surface area contributed by atoms with E-state index in [1.165, 1.54) is 28.9 Å². The fourth-order valence-electron chi connectivity index (χ4n) is 2.08. The zero-order valence-electron chi connectivity index (χ0n) is 12.5. The predicted molar refractivity (Wildman–Crippen MR) is 79.4 cm³/mol. The van der Waals surface area contributed by atoms with E-state index in [9.17, 15) is 22.4 Å². The highest BCUT2D eigenvalue weighted by molar-refractivity contribution is 5.91. The number of aromatic amines is 1. The first-order valence-corrected chi connectivity index (χ1v) is 7.04. The fourth-order valence-corrected chi connectivity index (χ4v) is 2.08. The highest BCUT2D eigenvalue weighted by atomic mass is 19.4. The molecule has 0 saturated carbocycles. The van der Waals surface area contributed by atoms with Crippen LogP contribution in [0.4, 0.5) is 23.4 Å². The number of aromatic nitrogens is 4. The van der Waals surface area contributed by atoms with Crippen molar-refractivity contribution in [2.75, 3.05) is 5.32 Å². The van der Waals surface area contributed by atoms with Crippen molar-refractivity contribution in [3.63, 3.8) is 0 Å². The van der Waals surface area contributed by atoms with Crippen LogP contribution in [0.2, 0.25) is 0 Å². The Morgan fingerprint density at radius 2 is 1.92 bits per heavy atom. The van der Waals surface area contributed by atoms with Gasteiger partial charge in [-0.3, -0.25) is 9.89 Å². The second kappa shape index (κ2) is 6.38. The Bertz CT molecular complexity index is 882. The molecule has 3 rings (SSSR count). The van der Waals surface area contributed by atoms with Crippen molar-refractivity contribution in [3.8, 4) is 5.69 Å². The monoisotopic (exact) mass is 353 g/mol. The van der Waals surface area contributed by atoms with Crippen molar-refractivity contribution in [1.82, 2.24) is 20.0 Å². The minimum absolute atomic E-state index is 0.150. The van der Waals surface area contributed by atoms with Crippen molar-refractivity contribution in [2.45, 2.75) is 12.6 Å². The van der Waals surface area contributed by atoms with Crippen LogP contribution in [0.1, 0.15) is 11.4 Å². The van der Waals surface area contributed by atoms with Crippen molar-refractivity contribution >= 4 is 11.7 Å². The number of alkyl halides is 3. The Labute approximate surface area is 138 Å². The van der Waals surface area contributed by atoms with Gasteiger partial charge >= 0.3 is 6.18 Å². The molecule has 0 radical (unpaired) electrons. The number of nitrogens with one attached hydrogen (secondary N) is 2. The molecule has 1 aromatic carbocycles. The Balaban J connectivity index is 1.64. The molecule has 0 aliphatic rings. The van der Waals surface area contributed by atoms with Crippen LogP contribution in [-0.2, 0) is 17.4 Å². The van der Waals surface area contributed by atoms with Crippen molar-refractivity contribution in [2.24, 2.45) is 0 Å². The molecule has 0 atom stereocenters. The van der Waals surface area contributed by atoms with E-state index in [1.54, 1.807) is 17.4 Å². The third-order valence-electron chi connectivity index (χ3n) is 3.23. The van der Waals surface area contributed by atoms with Crippen molar-refractivity contribution in [1.29, 1.82) is 0 Å². The van der Waals surface area contributed by atoms with E-state index in [-0.39, 0.29) is 18.1 Å². The molecule has 3 aromatic rings. The highest BCUT2D eigenvalue weighted by Gasteiger charge is 2.33. The standard InChI is InChI=1S/C15H11F4N5O/c16-9-1-3-11(4-2-9)24-6-5-10(23-24)7-14(25)20-13-8-12(21-22-13)15(17,18)19/h1-6,8H,7H2,(H2,20,21,22,25). The molecule has 0 aliphatic carbocycles. The van der Waals surface area contributed by atoms with E-state index in [1.807, 2.05) is 0 Å². The van der Waals surface area contributed by atoms with Gasteiger partial charge in [0.2, 0.25) is 5.91 Å². The summed E-state index contributed by atoms with van der Waals surface area (Å²) in [6.45, 7) is 0. The number of amides is 1. The normalized spacial score (nSPS) is 11.5. The summed E-state index contributed by atoms with van der Waals surface area (Å²) in [4.78, 5) is 11.9. The molecule has 130 valence electrons. The second-order valence-electron chi connectivity index (χ2n) is 5.12. The molecule has 10 heteroatoms. The minimum atomic E-state index is -4.57. The van der Waals surface area contributed by atoms with Gasteiger partial charge in [0.05, 0.1) is 17.8 Å². The van der Waals surface area contributed by atoms with Gasteiger partial charge < -0.3 is 5.32 Å². The van der Waals surface area contributed by atoms with E-state index in [0.717, 1.165) is 0 Å². The molecule has 0 unspecified atom stereocenters. The van der Waals surface area contributed by atoms with Gasteiger partial charge in [-0.05, 0) is 30.3 Å². The largest absolute Gasteiger partial charge is 0.432 e. The van der Waals surface area contributed by atoms with Gasteiger partial charge in [-0.1, -0.05) is 0 Å². The molecule has 0 bridgehead atoms. The Morgan fingerprint density at radius 1 is 1.20 bits per heavy atom. The van der Waals surface area contributed by atoms with E-state index < -0.39 is 17.8 Å². The Hall–Kier alpha value is -3.17. The molecule has 25 heavy (non-hydrogen) atoms. The molecule has 0 saturated heterocycles. The maximum Gasteiger partial charge on any atom is 0.432 e. The van der Waals surface area contributed by atoms with Gasteiger partial charge in [0.15, 0.2) is 5.82 Å². The number of anilines is 1. The third kappa shape index (κ3) is 4.03. The number of nitrogens with zero attached hydrogens (tertiary/aromatic N) is 3. The maximum absolute atomic E-state index is 12.9. The van der Waals surface area contributed by atoms with Gasteiger partial charge in [-0.15, -0.1) is 0 Å². The molecule has 0 aliphatic heterocycles. The lowest BCUT2D eigenvalue weighted by Gasteiger charge is -2.02. The van der Waals surface area contributed by atoms with Crippen LogP contribution >= 0.6 is 0 Å². The van der Waals surface area contributed by atoms with Gasteiger partial charge in [0.25, 0.3) is 0 Å². The quantitative estimate of drug-likeness (QED) is 0.708. The van der Waals surface area contributed by atoms with Crippen LogP contribution < -0.4 is 5.32 Å². The number of hydrogen-bond donors (Lipinski definition) is 2. The molecular weight excluding hydrogens is 342 g/mol. The zero-order valence-corrected chi connectivity index (χ0v) is 12.5. The first-order valence-electron chi connectivity index (χ1n) is 7.04. The lowest BCUT2D eigenvalue weighted by Crippen LogP contribution is -2.15. The van der Waals surface area contributed by atoms with Gasteiger partial charge in [-0.2, -0.15) is 23.4 Å². The SMILES string of the molecule is O=C(Cc1ccn(-c2ccc(F)cc2)n1)Nc1cc(C(F)(F)F)[nH]n1. The average molecular weight is 353 g/mol. The summed E-state index contributed by atoms with van der Waals surface area (Å²) in [6.07, 6.45) is -3.13. The second-order valence-corrected chi connectivity index (χ2v) is 5.12. The minimum Gasteiger partial charge on any atom is -0.309 e. The molecular formula is C15H11F4N5O. The summed E-state index contributed by atoms with van der Waals surface area (Å²) >= 11 is 0. The molecule has 1 amide bonds. The lowest BCUT2D eigenvalue weighted by atomic mass is 10.3. The summed E-state index contributed by atoms with van der Waals surface area (Å²) in [6, 6.07) is 7.88. The lowest BCUT2D eigenvalue weighted by molar-refractivity contribution is -0.141. The average Bonchev–Trinajstić information content (AvgIpc) is 3.17. The number of H-pyrrole nitrogens is 1. The van der Waals surface area contributed by atoms with Crippen LogP contribution in [0.5, 0.6) is 0 Å². The highest BCUT2D eigenvalue weighted by Crippen LogP contribution is 2.28. The van der Waals surface area contributed by atoms with Crippen LogP contribution in [-0.4, -0.2) is 25.9 Å². The van der Waals surface area contributed by atoms with E-state index in [4.69, 9.17) is 0 Å². The summed E-state index contributed by atoms with van der Waals surface area (Å²) in [7, 11) is 0. The molecule has 2 heterocycles. The van der Waals surface area contributed by atoms with Gasteiger partial charge in [0.1, 0.15) is 11.5 Å². The third-order valence-corrected chi connectivity index (χ3v) is 3.23. The van der Waals surface area contributed by atoms with E-state index in [2.05, 4.69) is 15.5 Å². The van der Waals surface area contributed by atoms with Crippen LogP contribution in [0, 0.1) is 5.82 Å². The van der Waals surface area contributed by atoms with Gasteiger partial charge in [-0.25, -0.2) is 9.07 Å². The fraction of sp³-hybridized carbons (Fsp3) is 0.133. The number of halogens is 4. The molecule has 0 spiro atoms. The number of benzene rings is 1. The van der Waals surface area contributed by atoms with Crippen LogP contribution in [0.15, 0.2) is 42.6 Å². The smallest absolute Gasteiger partial charge is 0.309 e. The van der Waals surface area contributed by atoms with Crippen LogP contribution in [0.3, 0.4) is 0 Å². The topological polar surface area (TPSA) is 75.6 Å². The maximum atomic E-state index is 12.9. The number of rotatable bonds is 4. The summed E-state index contributed by atoms with van der Waals surface area (Å²) < 4.78 is 51.7. The summed E-state index contributed by atoms with van der Waals surface area (Å²) in [5, 5.41) is 11.6. The van der Waals surface area contributed by atoms with E-state index >= 15 is 0 Å². The van der Waals surface area contributed by atoms with Crippen LogP contribution in [0.25, 0.3) is 5.69 Å². The predicted octanol–water partition coefficient (Wildman–Crippen LogP) is 2.93. The van der Waals surface area contributed by atoms with Gasteiger partial charge in [0, 0.05) is 12.3 Å². The number of carbonyl (C=O) groups excluding carboxylic acids is 1.